The fraction of sp³-hybridized carbons (Fsp3) is 0.812. The van der Waals surface area contributed by atoms with Gasteiger partial charge < -0.3 is 19.8 Å². The number of carboxylic acid groups (broad SMARTS) is 1. The predicted molar refractivity (Wildman–Crippen MR) is 83.4 cm³/mol. The average Bonchev–Trinajstić information content (AvgIpc) is 3.43. The molecule has 1 aromatic heterocycles. The maximum Gasteiger partial charge on any atom is 0.324 e. The molecule has 23 heavy (non-hydrogen) atoms. The van der Waals surface area contributed by atoms with E-state index in [1.165, 1.54) is 6.42 Å². The maximum atomic E-state index is 11.0. The van der Waals surface area contributed by atoms with Crippen molar-refractivity contribution in [1.29, 1.82) is 0 Å². The summed E-state index contributed by atoms with van der Waals surface area (Å²) in [4.78, 5) is 17.7. The molecule has 1 aromatic rings. The van der Waals surface area contributed by atoms with Crippen molar-refractivity contribution in [2.45, 2.75) is 50.5 Å². The van der Waals surface area contributed by atoms with Crippen LogP contribution in [-0.4, -0.2) is 46.9 Å². The molecule has 0 amide bonds. The van der Waals surface area contributed by atoms with Gasteiger partial charge in [0.25, 0.3) is 0 Å². The Kier molecular flexibility index (Phi) is 3.55. The van der Waals surface area contributed by atoms with E-state index in [1.807, 2.05) is 4.90 Å². The maximum absolute atomic E-state index is 11.0. The molecule has 2 N–H and O–H groups in total. The summed E-state index contributed by atoms with van der Waals surface area (Å²) in [5.74, 6) is 0.664. The van der Waals surface area contributed by atoms with Crippen LogP contribution < -0.4 is 10.2 Å². The SMILES string of the molecule is C[C@@H]1C[C@H]1NCC1(c2noc(N3CCC(C(=O)O)CC3)n2)CC1. The summed E-state index contributed by atoms with van der Waals surface area (Å²) in [6, 6.07) is 1.21. The number of anilines is 1. The summed E-state index contributed by atoms with van der Waals surface area (Å²) in [5, 5.41) is 16.9. The molecule has 0 aromatic carbocycles. The van der Waals surface area contributed by atoms with E-state index in [-0.39, 0.29) is 11.3 Å². The van der Waals surface area contributed by atoms with E-state index in [9.17, 15) is 4.79 Å². The standard InChI is InChI=1S/C16H24N4O3/c1-10-8-12(10)17-9-16(4-5-16)14-18-15(23-19-14)20-6-2-11(3-7-20)13(21)22/h10-12,17H,2-9H2,1H3,(H,21,22)/t10-,12-/m1/s1. The lowest BCUT2D eigenvalue weighted by atomic mass is 9.97. The summed E-state index contributed by atoms with van der Waals surface area (Å²) >= 11 is 0. The molecule has 4 rings (SSSR count). The van der Waals surface area contributed by atoms with Gasteiger partial charge in [-0.25, -0.2) is 0 Å². The first kappa shape index (κ1) is 14.9. The highest BCUT2D eigenvalue weighted by Crippen LogP contribution is 2.47. The Hall–Kier alpha value is -1.63. The second-order valence-corrected chi connectivity index (χ2v) is 7.48. The van der Waals surface area contributed by atoms with Crippen molar-refractivity contribution in [1.82, 2.24) is 15.5 Å². The average molecular weight is 320 g/mol. The van der Waals surface area contributed by atoms with Gasteiger partial charge in [0.05, 0.1) is 5.92 Å². The van der Waals surface area contributed by atoms with E-state index in [2.05, 4.69) is 22.4 Å². The molecule has 2 saturated carbocycles. The Balaban J connectivity index is 1.36. The minimum Gasteiger partial charge on any atom is -0.481 e. The number of piperidine rings is 1. The van der Waals surface area contributed by atoms with Crippen molar-refractivity contribution in [2.75, 3.05) is 24.5 Å². The fourth-order valence-electron chi connectivity index (χ4n) is 3.44. The van der Waals surface area contributed by atoms with Gasteiger partial charge in [-0.05, 0) is 38.0 Å². The van der Waals surface area contributed by atoms with Gasteiger partial charge in [-0.1, -0.05) is 12.1 Å². The molecule has 7 heteroatoms. The highest BCUT2D eigenvalue weighted by atomic mass is 16.5. The van der Waals surface area contributed by atoms with E-state index < -0.39 is 5.97 Å². The number of hydrogen-bond donors (Lipinski definition) is 2. The van der Waals surface area contributed by atoms with Crippen molar-refractivity contribution in [3.63, 3.8) is 0 Å². The van der Waals surface area contributed by atoms with Gasteiger partial charge in [-0.2, -0.15) is 4.98 Å². The summed E-state index contributed by atoms with van der Waals surface area (Å²) in [5.41, 5.74) is 0.0590. The predicted octanol–water partition coefficient (Wildman–Crippen LogP) is 1.40. The zero-order chi connectivity index (χ0) is 16.0. The number of aliphatic carboxylic acids is 1. The van der Waals surface area contributed by atoms with Crippen molar-refractivity contribution in [3.8, 4) is 0 Å². The highest BCUT2D eigenvalue weighted by molar-refractivity contribution is 5.70. The van der Waals surface area contributed by atoms with E-state index >= 15 is 0 Å². The summed E-state index contributed by atoms with van der Waals surface area (Å²) in [6.07, 6.45) is 4.77. The quantitative estimate of drug-likeness (QED) is 0.818. The molecule has 1 aliphatic heterocycles. The van der Waals surface area contributed by atoms with Crippen LogP contribution in [0.5, 0.6) is 0 Å². The first-order chi connectivity index (χ1) is 11.1. The lowest BCUT2D eigenvalue weighted by molar-refractivity contribution is -0.142. The third-order valence-corrected chi connectivity index (χ3v) is 5.67. The molecule has 3 fully saturated rings. The summed E-state index contributed by atoms with van der Waals surface area (Å²) in [6.45, 7) is 4.54. The molecule has 0 spiro atoms. The Morgan fingerprint density at radius 3 is 2.70 bits per heavy atom. The lowest BCUT2D eigenvalue weighted by Crippen LogP contribution is -2.36. The molecular formula is C16H24N4O3. The largest absolute Gasteiger partial charge is 0.481 e. The molecule has 0 radical (unpaired) electrons. The Labute approximate surface area is 135 Å². The Morgan fingerprint density at radius 1 is 1.43 bits per heavy atom. The molecule has 0 unspecified atom stereocenters. The first-order valence-corrected chi connectivity index (χ1v) is 8.63. The first-order valence-electron chi connectivity index (χ1n) is 8.63. The molecule has 2 atom stereocenters. The second-order valence-electron chi connectivity index (χ2n) is 7.48. The van der Waals surface area contributed by atoms with Crippen LogP contribution in [0.1, 0.15) is 44.9 Å². The van der Waals surface area contributed by atoms with E-state index in [1.54, 1.807) is 0 Å². The Bertz CT molecular complexity index is 590. The van der Waals surface area contributed by atoms with Gasteiger partial charge in [0.1, 0.15) is 0 Å². The highest BCUT2D eigenvalue weighted by Gasteiger charge is 2.49. The normalized spacial score (nSPS) is 29.5. The van der Waals surface area contributed by atoms with Crippen LogP contribution in [0.4, 0.5) is 6.01 Å². The van der Waals surface area contributed by atoms with Gasteiger partial charge in [0.15, 0.2) is 5.82 Å². The topological polar surface area (TPSA) is 91.5 Å². The van der Waals surface area contributed by atoms with Crippen LogP contribution in [0.15, 0.2) is 4.52 Å². The van der Waals surface area contributed by atoms with Crippen molar-refractivity contribution in [2.24, 2.45) is 11.8 Å². The molecule has 2 aliphatic carbocycles. The van der Waals surface area contributed by atoms with Gasteiger partial charge in [-0.15, -0.1) is 0 Å². The lowest BCUT2D eigenvalue weighted by Gasteiger charge is -2.28. The molecule has 7 nitrogen and oxygen atoms in total. The molecule has 3 aliphatic rings. The minimum atomic E-state index is -0.701. The third-order valence-electron chi connectivity index (χ3n) is 5.67. The summed E-state index contributed by atoms with van der Waals surface area (Å²) in [7, 11) is 0. The van der Waals surface area contributed by atoms with Gasteiger partial charge in [0.2, 0.25) is 0 Å². The zero-order valence-corrected chi connectivity index (χ0v) is 13.5. The second kappa shape index (κ2) is 5.47. The van der Waals surface area contributed by atoms with Crippen LogP contribution in [0.2, 0.25) is 0 Å². The molecule has 1 saturated heterocycles. The molecular weight excluding hydrogens is 296 g/mol. The molecule has 0 bridgehead atoms. The molecule has 126 valence electrons. The van der Waals surface area contributed by atoms with Crippen molar-refractivity contribution >= 4 is 12.0 Å². The number of carboxylic acids is 1. The van der Waals surface area contributed by atoms with E-state index in [4.69, 9.17) is 9.63 Å². The number of aromatic nitrogens is 2. The number of rotatable bonds is 6. The minimum absolute atomic E-state index is 0.0590. The molecule has 2 heterocycles. The number of hydrogen-bond acceptors (Lipinski definition) is 6. The van der Waals surface area contributed by atoms with Crippen LogP contribution in [0, 0.1) is 11.8 Å². The third kappa shape index (κ3) is 2.94. The van der Waals surface area contributed by atoms with Crippen LogP contribution in [-0.2, 0) is 10.2 Å². The van der Waals surface area contributed by atoms with E-state index in [0.717, 1.165) is 31.1 Å². The van der Waals surface area contributed by atoms with Crippen LogP contribution >= 0.6 is 0 Å². The summed E-state index contributed by atoms with van der Waals surface area (Å²) < 4.78 is 5.46. The smallest absolute Gasteiger partial charge is 0.324 e. The van der Waals surface area contributed by atoms with E-state index in [0.29, 0.717) is 38.0 Å². The number of nitrogens with one attached hydrogen (secondary N) is 1. The Morgan fingerprint density at radius 2 is 2.13 bits per heavy atom. The van der Waals surface area contributed by atoms with Gasteiger partial charge >= 0.3 is 12.0 Å². The van der Waals surface area contributed by atoms with Gasteiger partial charge in [0, 0.05) is 31.1 Å². The van der Waals surface area contributed by atoms with Gasteiger partial charge in [-0.3, -0.25) is 4.79 Å². The van der Waals surface area contributed by atoms with Crippen LogP contribution in [0.3, 0.4) is 0 Å². The zero-order valence-electron chi connectivity index (χ0n) is 13.5. The number of carbonyl (C=O) groups is 1. The number of nitrogens with zero attached hydrogens (tertiary/aromatic N) is 3. The fourth-order valence-corrected chi connectivity index (χ4v) is 3.44. The van der Waals surface area contributed by atoms with Crippen LogP contribution in [0.25, 0.3) is 0 Å². The van der Waals surface area contributed by atoms with Crippen molar-refractivity contribution in [3.05, 3.63) is 5.82 Å². The monoisotopic (exact) mass is 320 g/mol. The van der Waals surface area contributed by atoms with Crippen molar-refractivity contribution < 1.29 is 14.4 Å².